The lowest BCUT2D eigenvalue weighted by atomic mass is 10.1. The van der Waals surface area contributed by atoms with Gasteiger partial charge in [-0.15, -0.1) is 0 Å². The van der Waals surface area contributed by atoms with Crippen LogP contribution in [0.25, 0.3) is 10.9 Å². The molecule has 0 amide bonds. The summed E-state index contributed by atoms with van der Waals surface area (Å²) in [5, 5.41) is 9.98. The fourth-order valence-electron chi connectivity index (χ4n) is 1.71. The summed E-state index contributed by atoms with van der Waals surface area (Å²) in [5.41, 5.74) is 1.99. The van der Waals surface area contributed by atoms with E-state index in [1.807, 2.05) is 30.5 Å². The highest BCUT2D eigenvalue weighted by Crippen LogP contribution is 2.19. The van der Waals surface area contributed by atoms with E-state index >= 15 is 0 Å². The molecule has 0 fully saturated rings. The van der Waals surface area contributed by atoms with Crippen LogP contribution in [0.5, 0.6) is 0 Å². The third kappa shape index (κ3) is 2.05. The van der Waals surface area contributed by atoms with E-state index < -0.39 is 12.0 Å². The van der Waals surface area contributed by atoms with E-state index in [1.54, 1.807) is 0 Å². The SMILES string of the molecule is O=C(O)C(Cc1c[nH]c2ccccc12)NS. The Hall–Kier alpha value is -1.46. The van der Waals surface area contributed by atoms with Gasteiger partial charge in [0.05, 0.1) is 0 Å². The minimum Gasteiger partial charge on any atom is -0.480 e. The first-order valence-electron chi connectivity index (χ1n) is 4.90. The summed E-state index contributed by atoms with van der Waals surface area (Å²) in [6.45, 7) is 0. The summed E-state index contributed by atoms with van der Waals surface area (Å²) < 4.78 is 2.49. The lowest BCUT2D eigenvalue weighted by Crippen LogP contribution is -2.32. The molecule has 1 atom stereocenters. The zero-order valence-electron chi connectivity index (χ0n) is 8.47. The predicted molar refractivity (Wildman–Crippen MR) is 65.5 cm³/mol. The third-order valence-corrected chi connectivity index (χ3v) is 2.86. The van der Waals surface area contributed by atoms with E-state index in [9.17, 15) is 4.79 Å². The van der Waals surface area contributed by atoms with Crippen molar-refractivity contribution in [2.24, 2.45) is 0 Å². The van der Waals surface area contributed by atoms with Crippen LogP contribution < -0.4 is 4.72 Å². The molecular formula is C11H12N2O2S. The molecule has 4 nitrogen and oxygen atoms in total. The zero-order chi connectivity index (χ0) is 11.5. The third-order valence-electron chi connectivity index (χ3n) is 2.55. The van der Waals surface area contributed by atoms with Gasteiger partial charge in [-0.3, -0.25) is 9.52 Å². The minimum absolute atomic E-state index is 0.406. The lowest BCUT2D eigenvalue weighted by Gasteiger charge is -2.09. The molecule has 1 aromatic carbocycles. The number of rotatable bonds is 4. The smallest absolute Gasteiger partial charge is 0.321 e. The number of carboxylic acid groups (broad SMARTS) is 1. The van der Waals surface area contributed by atoms with Gasteiger partial charge < -0.3 is 10.1 Å². The van der Waals surface area contributed by atoms with E-state index in [0.717, 1.165) is 16.5 Å². The second-order valence-electron chi connectivity index (χ2n) is 3.58. The van der Waals surface area contributed by atoms with Crippen LogP contribution in [0.3, 0.4) is 0 Å². The topological polar surface area (TPSA) is 65.1 Å². The number of nitrogens with one attached hydrogen (secondary N) is 2. The number of carbonyl (C=O) groups is 1. The molecule has 5 heteroatoms. The first-order chi connectivity index (χ1) is 7.72. The highest BCUT2D eigenvalue weighted by atomic mass is 32.1. The van der Waals surface area contributed by atoms with Gasteiger partial charge in [0.1, 0.15) is 6.04 Å². The fourth-order valence-corrected chi connectivity index (χ4v) is 1.91. The van der Waals surface area contributed by atoms with Crippen LogP contribution in [0.15, 0.2) is 30.5 Å². The maximum absolute atomic E-state index is 10.9. The number of carboxylic acids is 1. The molecule has 0 spiro atoms. The lowest BCUT2D eigenvalue weighted by molar-refractivity contribution is -0.138. The molecule has 0 bridgehead atoms. The minimum atomic E-state index is -0.903. The van der Waals surface area contributed by atoms with Crippen LogP contribution in [0.2, 0.25) is 0 Å². The van der Waals surface area contributed by atoms with Crippen LogP contribution in [-0.4, -0.2) is 22.1 Å². The number of hydrogen-bond donors (Lipinski definition) is 4. The molecule has 0 aliphatic rings. The van der Waals surface area contributed by atoms with Gasteiger partial charge in [-0.1, -0.05) is 31.0 Å². The van der Waals surface area contributed by atoms with Crippen LogP contribution in [-0.2, 0) is 11.2 Å². The maximum Gasteiger partial charge on any atom is 0.321 e. The van der Waals surface area contributed by atoms with Crippen molar-refractivity contribution in [2.45, 2.75) is 12.5 Å². The Morgan fingerprint density at radius 2 is 2.25 bits per heavy atom. The summed E-state index contributed by atoms with van der Waals surface area (Å²) in [7, 11) is 0. The molecule has 1 heterocycles. The Balaban J connectivity index is 2.30. The molecule has 0 radical (unpaired) electrons. The van der Waals surface area contributed by atoms with Crippen molar-refractivity contribution in [3.05, 3.63) is 36.0 Å². The molecule has 1 aromatic heterocycles. The van der Waals surface area contributed by atoms with Crippen molar-refractivity contribution in [3.63, 3.8) is 0 Å². The number of H-pyrrole nitrogens is 1. The monoisotopic (exact) mass is 236 g/mol. The van der Waals surface area contributed by atoms with Crippen LogP contribution in [0.1, 0.15) is 5.56 Å². The van der Waals surface area contributed by atoms with Crippen molar-refractivity contribution in [3.8, 4) is 0 Å². The van der Waals surface area contributed by atoms with Crippen LogP contribution >= 0.6 is 12.8 Å². The van der Waals surface area contributed by atoms with Gasteiger partial charge in [0.25, 0.3) is 0 Å². The quantitative estimate of drug-likeness (QED) is 0.610. The molecule has 16 heavy (non-hydrogen) atoms. The largest absolute Gasteiger partial charge is 0.480 e. The average Bonchev–Trinajstić information content (AvgIpc) is 2.69. The highest BCUT2D eigenvalue weighted by Gasteiger charge is 2.17. The van der Waals surface area contributed by atoms with E-state index in [-0.39, 0.29) is 0 Å². The maximum atomic E-state index is 10.9. The summed E-state index contributed by atoms with van der Waals surface area (Å²) in [5.74, 6) is -0.903. The van der Waals surface area contributed by atoms with E-state index in [4.69, 9.17) is 5.11 Å². The van der Waals surface area contributed by atoms with Gasteiger partial charge in [-0.2, -0.15) is 0 Å². The second kappa shape index (κ2) is 4.59. The van der Waals surface area contributed by atoms with Crippen molar-refractivity contribution in [2.75, 3.05) is 0 Å². The number of benzene rings is 1. The van der Waals surface area contributed by atoms with Crippen molar-refractivity contribution < 1.29 is 9.90 Å². The molecule has 0 aliphatic heterocycles. The predicted octanol–water partition coefficient (Wildman–Crippen LogP) is 1.60. The summed E-state index contributed by atoms with van der Waals surface area (Å²) in [6, 6.07) is 7.13. The van der Waals surface area contributed by atoms with Crippen molar-refractivity contribution in [1.82, 2.24) is 9.71 Å². The molecule has 2 aromatic rings. The molecule has 0 saturated carbocycles. The Morgan fingerprint density at radius 1 is 1.50 bits per heavy atom. The summed E-state index contributed by atoms with van der Waals surface area (Å²) >= 11 is 3.82. The van der Waals surface area contributed by atoms with Crippen LogP contribution in [0.4, 0.5) is 0 Å². The number of hydrogen-bond acceptors (Lipinski definition) is 3. The normalized spacial score (nSPS) is 12.8. The van der Waals surface area contributed by atoms with Crippen molar-refractivity contribution in [1.29, 1.82) is 0 Å². The second-order valence-corrected chi connectivity index (χ2v) is 3.84. The van der Waals surface area contributed by atoms with Crippen LogP contribution in [0, 0.1) is 0 Å². The first-order valence-corrected chi connectivity index (χ1v) is 5.34. The molecule has 1 unspecified atom stereocenters. The van der Waals surface area contributed by atoms with Gasteiger partial charge >= 0.3 is 5.97 Å². The molecule has 0 saturated heterocycles. The Labute approximate surface area is 98.2 Å². The van der Waals surface area contributed by atoms with E-state index in [0.29, 0.717) is 6.42 Å². The van der Waals surface area contributed by atoms with Crippen molar-refractivity contribution >= 4 is 29.7 Å². The molecule has 2 rings (SSSR count). The number of aromatic nitrogens is 1. The standard InChI is InChI=1S/C11H12N2O2S/c14-11(15)10(13-16)5-7-6-12-9-4-2-1-3-8(7)9/h1-4,6,10,12-13,16H,5H2,(H,14,15). The highest BCUT2D eigenvalue weighted by molar-refractivity contribution is 7.78. The zero-order valence-corrected chi connectivity index (χ0v) is 9.37. The molecule has 84 valence electrons. The molecule has 0 aliphatic carbocycles. The number of aromatic amines is 1. The Bertz CT molecular complexity index is 509. The molecular weight excluding hydrogens is 224 g/mol. The molecule has 3 N–H and O–H groups in total. The average molecular weight is 236 g/mol. The van der Waals surface area contributed by atoms with E-state index in [1.165, 1.54) is 0 Å². The van der Waals surface area contributed by atoms with Gasteiger partial charge in [-0.25, -0.2) is 0 Å². The summed E-state index contributed by atoms with van der Waals surface area (Å²) in [6.07, 6.45) is 2.24. The first kappa shape index (κ1) is 11.0. The van der Waals surface area contributed by atoms with E-state index in [2.05, 4.69) is 22.5 Å². The number of aliphatic carboxylic acids is 1. The summed E-state index contributed by atoms with van der Waals surface area (Å²) in [4.78, 5) is 14.0. The van der Waals surface area contributed by atoms with Gasteiger partial charge in [0, 0.05) is 23.5 Å². The Morgan fingerprint density at radius 3 is 2.94 bits per heavy atom. The fraction of sp³-hybridized carbons (Fsp3) is 0.182. The van der Waals surface area contributed by atoms with Gasteiger partial charge in [0.2, 0.25) is 0 Å². The van der Waals surface area contributed by atoms with Gasteiger partial charge in [0.15, 0.2) is 0 Å². The van der Waals surface area contributed by atoms with Gasteiger partial charge in [-0.05, 0) is 11.6 Å². The Kier molecular flexibility index (Phi) is 3.17. The number of para-hydroxylation sites is 1. The number of fused-ring (bicyclic) bond motifs is 1. The number of thiol groups is 1.